The Bertz CT molecular complexity index is 123. The number of hydrogen-bond donors (Lipinski definition) is 3. The van der Waals surface area contributed by atoms with Gasteiger partial charge < -0.3 is 15.5 Å². The molecule has 0 spiro atoms. The van der Waals surface area contributed by atoms with Crippen LogP contribution in [-0.4, -0.2) is 34.9 Å². The summed E-state index contributed by atoms with van der Waals surface area (Å²) >= 11 is 0. The van der Waals surface area contributed by atoms with Crippen LogP contribution in [0.1, 0.15) is 20.3 Å². The van der Waals surface area contributed by atoms with E-state index in [1.807, 2.05) is 0 Å². The van der Waals surface area contributed by atoms with Gasteiger partial charge in [0.05, 0.1) is 6.10 Å². The summed E-state index contributed by atoms with van der Waals surface area (Å²) in [5.41, 5.74) is 0. The highest BCUT2D eigenvalue weighted by Gasteiger charge is 2.06. The molecule has 0 aliphatic heterocycles. The molecule has 0 saturated carbocycles. The minimum absolute atomic E-state index is 0.398. The SMILES string of the molecule is C[C@H](O)C(=O)NCC[C@@H](C)O. The van der Waals surface area contributed by atoms with Gasteiger partial charge in [0.15, 0.2) is 0 Å². The minimum Gasteiger partial charge on any atom is -0.393 e. The van der Waals surface area contributed by atoms with Crippen molar-refractivity contribution in [3.8, 4) is 0 Å². The zero-order valence-corrected chi connectivity index (χ0v) is 6.87. The Hall–Kier alpha value is -0.610. The maximum atomic E-state index is 10.7. The normalized spacial score (nSPS) is 15.6. The smallest absolute Gasteiger partial charge is 0.248 e. The molecule has 11 heavy (non-hydrogen) atoms. The van der Waals surface area contributed by atoms with E-state index >= 15 is 0 Å². The van der Waals surface area contributed by atoms with Crippen molar-refractivity contribution in [1.82, 2.24) is 5.32 Å². The van der Waals surface area contributed by atoms with E-state index in [2.05, 4.69) is 5.32 Å². The first-order valence-electron chi connectivity index (χ1n) is 3.68. The maximum Gasteiger partial charge on any atom is 0.248 e. The van der Waals surface area contributed by atoms with Crippen molar-refractivity contribution in [3.63, 3.8) is 0 Å². The summed E-state index contributed by atoms with van der Waals surface area (Å²) in [6, 6.07) is 0. The molecular formula is C7H15NO3. The van der Waals surface area contributed by atoms with Crippen molar-refractivity contribution in [2.24, 2.45) is 0 Å². The Balaban J connectivity index is 3.32. The zero-order valence-electron chi connectivity index (χ0n) is 6.87. The topological polar surface area (TPSA) is 69.6 Å². The molecule has 2 atom stereocenters. The van der Waals surface area contributed by atoms with E-state index < -0.39 is 18.1 Å². The van der Waals surface area contributed by atoms with Gasteiger partial charge in [-0.05, 0) is 20.3 Å². The number of aliphatic hydroxyl groups excluding tert-OH is 2. The summed E-state index contributed by atoms with van der Waals surface area (Å²) in [6.07, 6.45) is -0.869. The summed E-state index contributed by atoms with van der Waals surface area (Å²) < 4.78 is 0. The molecule has 66 valence electrons. The first kappa shape index (κ1) is 10.4. The Morgan fingerprint density at radius 3 is 2.36 bits per heavy atom. The molecule has 0 aliphatic rings. The molecule has 0 aromatic carbocycles. The summed E-state index contributed by atoms with van der Waals surface area (Å²) in [5.74, 6) is -0.398. The standard InChI is InChI=1S/C7H15NO3/c1-5(9)3-4-8-7(11)6(2)10/h5-6,9-10H,3-4H2,1-2H3,(H,8,11)/t5-,6+/m1/s1. The fourth-order valence-corrected chi connectivity index (χ4v) is 0.552. The fraction of sp³-hybridized carbons (Fsp3) is 0.857. The van der Waals surface area contributed by atoms with Crippen molar-refractivity contribution in [3.05, 3.63) is 0 Å². The summed E-state index contributed by atoms with van der Waals surface area (Å²) in [5, 5.41) is 20.0. The van der Waals surface area contributed by atoms with Gasteiger partial charge in [-0.3, -0.25) is 4.79 Å². The van der Waals surface area contributed by atoms with E-state index in [4.69, 9.17) is 10.2 Å². The van der Waals surface area contributed by atoms with Crippen LogP contribution in [0.5, 0.6) is 0 Å². The van der Waals surface area contributed by atoms with Crippen LogP contribution in [0.25, 0.3) is 0 Å². The number of rotatable bonds is 4. The highest BCUT2D eigenvalue weighted by molar-refractivity contribution is 5.79. The van der Waals surface area contributed by atoms with E-state index in [1.54, 1.807) is 6.92 Å². The van der Waals surface area contributed by atoms with Crippen LogP contribution in [-0.2, 0) is 4.79 Å². The van der Waals surface area contributed by atoms with Gasteiger partial charge in [-0.1, -0.05) is 0 Å². The largest absolute Gasteiger partial charge is 0.393 e. The van der Waals surface area contributed by atoms with E-state index in [1.165, 1.54) is 6.92 Å². The van der Waals surface area contributed by atoms with E-state index in [0.717, 1.165) is 0 Å². The third kappa shape index (κ3) is 5.82. The Morgan fingerprint density at radius 2 is 2.00 bits per heavy atom. The quantitative estimate of drug-likeness (QED) is 0.508. The lowest BCUT2D eigenvalue weighted by atomic mass is 10.3. The van der Waals surface area contributed by atoms with Crippen LogP contribution in [0.3, 0.4) is 0 Å². The van der Waals surface area contributed by atoms with Crippen LogP contribution in [0.2, 0.25) is 0 Å². The molecule has 0 rings (SSSR count). The van der Waals surface area contributed by atoms with Gasteiger partial charge in [-0.2, -0.15) is 0 Å². The minimum atomic E-state index is -0.969. The number of hydrogen-bond acceptors (Lipinski definition) is 3. The molecule has 0 aromatic rings. The molecule has 3 N–H and O–H groups in total. The molecule has 0 heterocycles. The number of carbonyl (C=O) groups excluding carboxylic acids is 1. The number of carbonyl (C=O) groups is 1. The van der Waals surface area contributed by atoms with Gasteiger partial charge in [0.1, 0.15) is 6.10 Å². The van der Waals surface area contributed by atoms with Gasteiger partial charge in [0.25, 0.3) is 0 Å². The second-order valence-corrected chi connectivity index (χ2v) is 2.60. The lowest BCUT2D eigenvalue weighted by Crippen LogP contribution is -2.34. The lowest BCUT2D eigenvalue weighted by Gasteiger charge is -2.07. The van der Waals surface area contributed by atoms with Gasteiger partial charge in [0.2, 0.25) is 5.91 Å². The average molecular weight is 161 g/mol. The number of aliphatic hydroxyl groups is 2. The first-order chi connectivity index (χ1) is 5.04. The number of amides is 1. The van der Waals surface area contributed by atoms with Crippen LogP contribution in [0.4, 0.5) is 0 Å². The predicted molar refractivity (Wildman–Crippen MR) is 41.0 cm³/mol. The second-order valence-electron chi connectivity index (χ2n) is 2.60. The third-order valence-electron chi connectivity index (χ3n) is 1.24. The fourth-order valence-electron chi connectivity index (χ4n) is 0.552. The molecule has 0 aromatic heterocycles. The second kappa shape index (κ2) is 5.09. The highest BCUT2D eigenvalue weighted by Crippen LogP contribution is 1.86. The van der Waals surface area contributed by atoms with Crippen LogP contribution in [0.15, 0.2) is 0 Å². The Morgan fingerprint density at radius 1 is 1.45 bits per heavy atom. The van der Waals surface area contributed by atoms with Crippen LogP contribution in [0, 0.1) is 0 Å². The zero-order chi connectivity index (χ0) is 8.85. The monoisotopic (exact) mass is 161 g/mol. The average Bonchev–Trinajstić information content (AvgIpc) is 1.86. The van der Waals surface area contributed by atoms with Gasteiger partial charge in [0, 0.05) is 6.54 Å². The van der Waals surface area contributed by atoms with Gasteiger partial charge in [-0.25, -0.2) is 0 Å². The molecule has 0 fully saturated rings. The molecule has 1 amide bonds. The predicted octanol–water partition coefficient (Wildman–Crippen LogP) is -0.746. The Kier molecular flexibility index (Phi) is 4.81. The van der Waals surface area contributed by atoms with Crippen molar-refractivity contribution < 1.29 is 15.0 Å². The molecule has 0 radical (unpaired) electrons. The highest BCUT2D eigenvalue weighted by atomic mass is 16.3. The molecule has 4 nitrogen and oxygen atoms in total. The number of nitrogens with one attached hydrogen (secondary N) is 1. The first-order valence-corrected chi connectivity index (χ1v) is 3.68. The lowest BCUT2D eigenvalue weighted by molar-refractivity contribution is -0.128. The molecular weight excluding hydrogens is 146 g/mol. The third-order valence-corrected chi connectivity index (χ3v) is 1.24. The summed E-state index contributed by atoms with van der Waals surface area (Å²) in [7, 11) is 0. The van der Waals surface area contributed by atoms with E-state index in [9.17, 15) is 4.79 Å². The maximum absolute atomic E-state index is 10.7. The van der Waals surface area contributed by atoms with Crippen molar-refractivity contribution in [1.29, 1.82) is 0 Å². The van der Waals surface area contributed by atoms with Gasteiger partial charge in [-0.15, -0.1) is 0 Å². The molecule has 0 bridgehead atoms. The van der Waals surface area contributed by atoms with Crippen molar-refractivity contribution in [2.45, 2.75) is 32.5 Å². The molecule has 4 heteroatoms. The van der Waals surface area contributed by atoms with Crippen LogP contribution < -0.4 is 5.32 Å². The molecule has 0 unspecified atom stereocenters. The van der Waals surface area contributed by atoms with Crippen LogP contribution >= 0.6 is 0 Å². The van der Waals surface area contributed by atoms with E-state index in [0.29, 0.717) is 13.0 Å². The molecule has 0 aliphatic carbocycles. The van der Waals surface area contributed by atoms with Crippen molar-refractivity contribution in [2.75, 3.05) is 6.54 Å². The summed E-state index contributed by atoms with van der Waals surface area (Å²) in [4.78, 5) is 10.7. The van der Waals surface area contributed by atoms with Crippen molar-refractivity contribution >= 4 is 5.91 Å². The van der Waals surface area contributed by atoms with Gasteiger partial charge >= 0.3 is 0 Å². The van der Waals surface area contributed by atoms with E-state index in [-0.39, 0.29) is 0 Å². The Labute approximate surface area is 66.2 Å². The molecule has 0 saturated heterocycles. The summed E-state index contributed by atoms with van der Waals surface area (Å²) in [6.45, 7) is 3.45.